The highest BCUT2D eigenvalue weighted by molar-refractivity contribution is 7.90. The van der Waals surface area contributed by atoms with Crippen LogP contribution in [0.4, 0.5) is 5.13 Å². The molecule has 0 aliphatic heterocycles. The van der Waals surface area contributed by atoms with Crippen molar-refractivity contribution >= 4 is 36.5 Å². The van der Waals surface area contributed by atoms with Crippen molar-refractivity contribution < 1.29 is 8.42 Å². The first kappa shape index (κ1) is 16.2. The Balaban J connectivity index is 1.96. The summed E-state index contributed by atoms with van der Waals surface area (Å²) >= 11 is 1.51. The van der Waals surface area contributed by atoms with Crippen LogP contribution in [-0.2, 0) is 9.84 Å². The fourth-order valence-electron chi connectivity index (χ4n) is 2.14. The number of unbranched alkanes of at least 4 members (excludes halogenated alkanes) is 4. The Hall–Kier alpha value is -1.14. The van der Waals surface area contributed by atoms with E-state index >= 15 is 0 Å². The van der Waals surface area contributed by atoms with E-state index in [0.29, 0.717) is 4.90 Å². The van der Waals surface area contributed by atoms with Crippen molar-refractivity contribution in [1.29, 1.82) is 0 Å². The van der Waals surface area contributed by atoms with Gasteiger partial charge < -0.3 is 5.32 Å². The average molecular weight is 326 g/mol. The first-order chi connectivity index (χ1) is 10.0. The highest BCUT2D eigenvalue weighted by Gasteiger charge is 2.10. The van der Waals surface area contributed by atoms with Crippen LogP contribution in [0.15, 0.2) is 23.1 Å². The molecule has 0 amide bonds. The molecule has 0 unspecified atom stereocenters. The van der Waals surface area contributed by atoms with Gasteiger partial charge in [0.25, 0.3) is 0 Å². The predicted octanol–water partition coefficient (Wildman–Crippen LogP) is 4.08. The van der Waals surface area contributed by atoms with Gasteiger partial charge in [0.15, 0.2) is 15.0 Å². The summed E-state index contributed by atoms with van der Waals surface area (Å²) in [5.41, 5.74) is 0.848. The third-order valence-electron chi connectivity index (χ3n) is 3.34. The van der Waals surface area contributed by atoms with Gasteiger partial charge in [0, 0.05) is 12.8 Å². The molecule has 0 aliphatic rings. The van der Waals surface area contributed by atoms with E-state index in [1.165, 1.54) is 43.3 Å². The van der Waals surface area contributed by atoms with E-state index in [1.54, 1.807) is 18.2 Å². The summed E-state index contributed by atoms with van der Waals surface area (Å²) in [7, 11) is -3.16. The maximum Gasteiger partial charge on any atom is 0.183 e. The molecule has 0 fully saturated rings. The van der Waals surface area contributed by atoms with Crippen molar-refractivity contribution in [2.75, 3.05) is 18.1 Å². The van der Waals surface area contributed by atoms with Crippen LogP contribution in [0.5, 0.6) is 0 Å². The van der Waals surface area contributed by atoms with E-state index in [2.05, 4.69) is 17.2 Å². The zero-order chi connectivity index (χ0) is 15.3. The van der Waals surface area contributed by atoms with E-state index in [4.69, 9.17) is 0 Å². The molecule has 21 heavy (non-hydrogen) atoms. The van der Waals surface area contributed by atoms with Crippen molar-refractivity contribution in [2.45, 2.75) is 43.9 Å². The average Bonchev–Trinajstić information content (AvgIpc) is 2.83. The lowest BCUT2D eigenvalue weighted by Gasteiger charge is -2.01. The first-order valence-electron chi connectivity index (χ1n) is 7.35. The molecule has 0 spiro atoms. The smallest absolute Gasteiger partial charge is 0.183 e. The summed E-state index contributed by atoms with van der Waals surface area (Å²) in [6.07, 6.45) is 7.46. The number of nitrogens with zero attached hydrogens (tertiary/aromatic N) is 1. The van der Waals surface area contributed by atoms with Crippen LogP contribution >= 0.6 is 11.3 Å². The number of fused-ring (bicyclic) bond motifs is 1. The second kappa shape index (κ2) is 7.22. The van der Waals surface area contributed by atoms with Crippen LogP contribution in [0, 0.1) is 0 Å². The number of hydrogen-bond acceptors (Lipinski definition) is 5. The Morgan fingerprint density at radius 3 is 2.67 bits per heavy atom. The van der Waals surface area contributed by atoms with Crippen molar-refractivity contribution in [1.82, 2.24) is 4.98 Å². The Bertz CT molecular complexity index is 693. The number of aromatic nitrogens is 1. The summed E-state index contributed by atoms with van der Waals surface area (Å²) in [6.45, 7) is 3.13. The Morgan fingerprint density at radius 2 is 1.95 bits per heavy atom. The summed E-state index contributed by atoms with van der Waals surface area (Å²) in [6, 6.07) is 5.09. The minimum absolute atomic E-state index is 0.352. The van der Waals surface area contributed by atoms with Gasteiger partial charge in [-0.15, -0.1) is 0 Å². The minimum atomic E-state index is -3.16. The molecule has 0 saturated heterocycles. The highest BCUT2D eigenvalue weighted by Crippen LogP contribution is 2.28. The summed E-state index contributed by atoms with van der Waals surface area (Å²) in [5.74, 6) is 0. The fourth-order valence-corrected chi connectivity index (χ4v) is 3.79. The van der Waals surface area contributed by atoms with Crippen LogP contribution in [0.25, 0.3) is 10.2 Å². The second-order valence-corrected chi connectivity index (χ2v) is 8.31. The quantitative estimate of drug-likeness (QED) is 0.743. The lowest BCUT2D eigenvalue weighted by Crippen LogP contribution is -2.00. The minimum Gasteiger partial charge on any atom is -0.361 e. The van der Waals surface area contributed by atoms with Gasteiger partial charge >= 0.3 is 0 Å². The lowest BCUT2D eigenvalue weighted by molar-refractivity contribution is 0.602. The van der Waals surface area contributed by atoms with E-state index in [0.717, 1.165) is 28.3 Å². The number of anilines is 1. The summed E-state index contributed by atoms with van der Waals surface area (Å²) in [4.78, 5) is 4.83. The lowest BCUT2D eigenvalue weighted by atomic mass is 10.1. The molecule has 1 N–H and O–H groups in total. The molecule has 1 aromatic heterocycles. The van der Waals surface area contributed by atoms with Gasteiger partial charge in [0.2, 0.25) is 0 Å². The number of sulfone groups is 1. The first-order valence-corrected chi connectivity index (χ1v) is 10.1. The Labute approximate surface area is 130 Å². The molecule has 0 bridgehead atoms. The molecule has 1 aromatic carbocycles. The molecule has 0 radical (unpaired) electrons. The van der Waals surface area contributed by atoms with Crippen molar-refractivity contribution in [3.63, 3.8) is 0 Å². The molecule has 1 heterocycles. The highest BCUT2D eigenvalue weighted by atomic mass is 32.2. The van der Waals surface area contributed by atoms with Crippen LogP contribution in [0.3, 0.4) is 0 Å². The van der Waals surface area contributed by atoms with E-state index < -0.39 is 9.84 Å². The van der Waals surface area contributed by atoms with Gasteiger partial charge in [-0.1, -0.05) is 43.9 Å². The van der Waals surface area contributed by atoms with E-state index in [1.807, 2.05) is 0 Å². The van der Waals surface area contributed by atoms with Gasteiger partial charge in [-0.3, -0.25) is 0 Å². The normalized spacial score (nSPS) is 11.9. The Morgan fingerprint density at radius 1 is 1.19 bits per heavy atom. The van der Waals surface area contributed by atoms with Crippen molar-refractivity contribution in [2.24, 2.45) is 0 Å². The molecule has 0 aliphatic carbocycles. The molecule has 2 aromatic rings. The molecule has 4 nitrogen and oxygen atoms in total. The van der Waals surface area contributed by atoms with Gasteiger partial charge in [-0.2, -0.15) is 0 Å². The molecule has 2 rings (SSSR count). The number of nitrogens with one attached hydrogen (secondary N) is 1. The molecule has 6 heteroatoms. The van der Waals surface area contributed by atoms with E-state index in [-0.39, 0.29) is 0 Å². The second-order valence-electron chi connectivity index (χ2n) is 5.26. The monoisotopic (exact) mass is 326 g/mol. The van der Waals surface area contributed by atoms with Crippen molar-refractivity contribution in [3.8, 4) is 0 Å². The third kappa shape index (κ3) is 4.68. The van der Waals surface area contributed by atoms with Crippen LogP contribution < -0.4 is 5.32 Å². The van der Waals surface area contributed by atoms with Gasteiger partial charge in [-0.05, 0) is 24.6 Å². The van der Waals surface area contributed by atoms with Crippen LogP contribution in [0.1, 0.15) is 39.0 Å². The SMILES string of the molecule is CCCCCCCNc1nc2ccc(S(C)(=O)=O)cc2s1. The Kier molecular flexibility index (Phi) is 5.58. The molecular formula is C15H22N2O2S2. The van der Waals surface area contributed by atoms with E-state index in [9.17, 15) is 8.42 Å². The molecular weight excluding hydrogens is 304 g/mol. The topological polar surface area (TPSA) is 59.1 Å². The summed E-state index contributed by atoms with van der Waals surface area (Å²) in [5, 5.41) is 4.19. The fraction of sp³-hybridized carbons (Fsp3) is 0.533. The van der Waals surface area contributed by atoms with Gasteiger partial charge in [0.05, 0.1) is 15.1 Å². The van der Waals surface area contributed by atoms with Gasteiger partial charge in [0.1, 0.15) is 0 Å². The number of rotatable bonds is 8. The van der Waals surface area contributed by atoms with Gasteiger partial charge in [-0.25, -0.2) is 13.4 Å². The van der Waals surface area contributed by atoms with Crippen LogP contribution in [0.2, 0.25) is 0 Å². The molecule has 0 atom stereocenters. The standard InChI is InChI=1S/C15H22N2O2S2/c1-3-4-5-6-7-10-16-15-17-13-9-8-12(21(2,18)19)11-14(13)20-15/h8-9,11H,3-7,10H2,1-2H3,(H,16,17). The maximum absolute atomic E-state index is 11.5. The zero-order valence-corrected chi connectivity index (χ0v) is 14.2. The zero-order valence-electron chi connectivity index (χ0n) is 12.6. The third-order valence-corrected chi connectivity index (χ3v) is 5.43. The maximum atomic E-state index is 11.5. The largest absolute Gasteiger partial charge is 0.361 e. The number of hydrogen-bond donors (Lipinski definition) is 1. The summed E-state index contributed by atoms with van der Waals surface area (Å²) < 4.78 is 24.0. The van der Waals surface area contributed by atoms with Crippen LogP contribution in [-0.4, -0.2) is 26.2 Å². The number of thiazole rings is 1. The molecule has 116 valence electrons. The molecule has 0 saturated carbocycles. The predicted molar refractivity (Wildman–Crippen MR) is 90.0 cm³/mol. The number of benzene rings is 1. The van der Waals surface area contributed by atoms with Crippen molar-refractivity contribution in [3.05, 3.63) is 18.2 Å².